The fourth-order valence-electron chi connectivity index (χ4n) is 4.58. The number of hydrogen-bond donors (Lipinski definition) is 0. The molecule has 1 heterocycles. The molecule has 0 N–H and O–H groups in total. The SMILES string of the molecule is COc1ccc(C2=NN(C(=O)c3ccccc3)[C@@H](c3ccc(OC)c(OC)c3)C2)c(OC(=O)c2ccccc2)c1. The number of hydrogen-bond acceptors (Lipinski definition) is 7. The van der Waals surface area contributed by atoms with Crippen molar-refractivity contribution in [3.63, 3.8) is 0 Å². The van der Waals surface area contributed by atoms with Crippen LogP contribution in [0.2, 0.25) is 0 Å². The Morgan fingerprint density at radius 1 is 0.725 bits per heavy atom. The summed E-state index contributed by atoms with van der Waals surface area (Å²) in [5, 5.41) is 6.25. The Morgan fingerprint density at radius 3 is 2.05 bits per heavy atom. The van der Waals surface area contributed by atoms with Crippen LogP contribution in [0.1, 0.15) is 44.3 Å². The summed E-state index contributed by atoms with van der Waals surface area (Å²) in [6.45, 7) is 0. The maximum atomic E-state index is 13.7. The lowest BCUT2D eigenvalue weighted by Gasteiger charge is -2.23. The Hall–Kier alpha value is -5.11. The van der Waals surface area contributed by atoms with Gasteiger partial charge < -0.3 is 18.9 Å². The van der Waals surface area contributed by atoms with Crippen LogP contribution in [-0.4, -0.2) is 43.9 Å². The van der Waals surface area contributed by atoms with Gasteiger partial charge in [0.2, 0.25) is 0 Å². The molecule has 5 rings (SSSR count). The number of rotatable bonds is 8. The van der Waals surface area contributed by atoms with Crippen molar-refractivity contribution >= 4 is 17.6 Å². The lowest BCUT2D eigenvalue weighted by atomic mass is 9.97. The van der Waals surface area contributed by atoms with E-state index in [1.807, 2.05) is 36.4 Å². The number of benzene rings is 4. The highest BCUT2D eigenvalue weighted by atomic mass is 16.5. The molecule has 0 spiro atoms. The Morgan fingerprint density at radius 2 is 1.40 bits per heavy atom. The monoisotopic (exact) mass is 536 g/mol. The first-order valence-corrected chi connectivity index (χ1v) is 12.7. The van der Waals surface area contributed by atoms with Crippen molar-refractivity contribution in [1.29, 1.82) is 0 Å². The molecule has 1 atom stereocenters. The molecule has 8 nitrogen and oxygen atoms in total. The predicted molar refractivity (Wildman–Crippen MR) is 150 cm³/mol. The quantitative estimate of drug-likeness (QED) is 0.205. The molecule has 1 aliphatic heterocycles. The molecule has 8 heteroatoms. The number of amides is 1. The van der Waals surface area contributed by atoms with Crippen molar-refractivity contribution in [3.05, 3.63) is 119 Å². The number of hydrazone groups is 1. The fraction of sp³-hybridized carbons (Fsp3) is 0.156. The van der Waals surface area contributed by atoms with Crippen molar-refractivity contribution in [2.45, 2.75) is 12.5 Å². The van der Waals surface area contributed by atoms with E-state index in [0.717, 1.165) is 5.56 Å². The molecule has 4 aromatic rings. The van der Waals surface area contributed by atoms with Crippen molar-refractivity contribution in [2.24, 2.45) is 5.10 Å². The molecule has 0 saturated heterocycles. The Labute approximate surface area is 232 Å². The largest absolute Gasteiger partial charge is 0.497 e. The summed E-state index contributed by atoms with van der Waals surface area (Å²) in [7, 11) is 4.68. The van der Waals surface area contributed by atoms with E-state index in [1.54, 1.807) is 74.9 Å². The van der Waals surface area contributed by atoms with Crippen LogP contribution in [0.5, 0.6) is 23.0 Å². The maximum absolute atomic E-state index is 13.7. The Kier molecular flexibility index (Phi) is 7.77. The lowest BCUT2D eigenvalue weighted by molar-refractivity contribution is 0.0707. The summed E-state index contributed by atoms with van der Waals surface area (Å²) in [4.78, 5) is 26.7. The van der Waals surface area contributed by atoms with E-state index in [-0.39, 0.29) is 11.7 Å². The highest BCUT2D eigenvalue weighted by molar-refractivity contribution is 6.07. The summed E-state index contributed by atoms with van der Waals surface area (Å²) in [5.74, 6) is 1.16. The maximum Gasteiger partial charge on any atom is 0.343 e. The van der Waals surface area contributed by atoms with Gasteiger partial charge in [0.1, 0.15) is 11.5 Å². The number of esters is 1. The van der Waals surface area contributed by atoms with Crippen LogP contribution in [0, 0.1) is 0 Å². The first-order valence-electron chi connectivity index (χ1n) is 12.7. The van der Waals surface area contributed by atoms with E-state index < -0.39 is 12.0 Å². The second kappa shape index (κ2) is 11.7. The molecule has 0 radical (unpaired) electrons. The second-order valence-corrected chi connectivity index (χ2v) is 9.01. The molecule has 40 heavy (non-hydrogen) atoms. The number of nitrogens with zero attached hydrogens (tertiary/aromatic N) is 2. The van der Waals surface area contributed by atoms with Gasteiger partial charge in [0.25, 0.3) is 5.91 Å². The van der Waals surface area contributed by atoms with E-state index in [1.165, 1.54) is 12.1 Å². The van der Waals surface area contributed by atoms with E-state index in [9.17, 15) is 9.59 Å². The topological polar surface area (TPSA) is 86.7 Å². The standard InChI is InChI=1S/C32H28N2O6/c1-37-24-15-16-25(29(19-24)40-32(36)22-12-8-5-9-13-22)26-20-27(23-14-17-28(38-2)30(18-23)39-3)34(33-26)31(35)21-10-6-4-7-11-21/h4-19,27H,20H2,1-3H3/t27-/m1/s1. The molecule has 4 aromatic carbocycles. The van der Waals surface area contributed by atoms with Crippen molar-refractivity contribution in [3.8, 4) is 23.0 Å². The number of methoxy groups -OCH3 is 3. The highest BCUT2D eigenvalue weighted by Gasteiger charge is 2.35. The average Bonchev–Trinajstić information content (AvgIpc) is 3.46. The smallest absolute Gasteiger partial charge is 0.343 e. The van der Waals surface area contributed by atoms with Crippen LogP contribution >= 0.6 is 0 Å². The van der Waals surface area contributed by atoms with Crippen LogP contribution in [-0.2, 0) is 0 Å². The second-order valence-electron chi connectivity index (χ2n) is 9.01. The normalized spacial score (nSPS) is 14.3. The molecule has 0 bridgehead atoms. The third-order valence-corrected chi connectivity index (χ3v) is 6.64. The zero-order chi connectivity index (χ0) is 28.1. The molecular weight excluding hydrogens is 508 g/mol. The molecule has 0 aromatic heterocycles. The molecule has 0 fully saturated rings. The van der Waals surface area contributed by atoms with Crippen molar-refractivity contribution < 1.29 is 28.5 Å². The fourth-order valence-corrected chi connectivity index (χ4v) is 4.58. The minimum absolute atomic E-state index is 0.258. The summed E-state index contributed by atoms with van der Waals surface area (Å²) in [6, 6.07) is 28.0. The zero-order valence-corrected chi connectivity index (χ0v) is 22.4. The average molecular weight is 537 g/mol. The van der Waals surface area contributed by atoms with Crippen molar-refractivity contribution in [1.82, 2.24) is 5.01 Å². The number of ether oxygens (including phenoxy) is 4. The van der Waals surface area contributed by atoms with E-state index in [2.05, 4.69) is 0 Å². The molecular formula is C32H28N2O6. The minimum atomic E-state index is -0.512. The third kappa shape index (κ3) is 5.37. The Bertz CT molecular complexity index is 1550. The molecule has 0 unspecified atom stereocenters. The molecule has 0 aliphatic carbocycles. The summed E-state index contributed by atoms with van der Waals surface area (Å²) in [6.07, 6.45) is 0.371. The van der Waals surface area contributed by atoms with Gasteiger partial charge in [-0.25, -0.2) is 9.80 Å². The van der Waals surface area contributed by atoms with Crippen LogP contribution in [0.25, 0.3) is 0 Å². The van der Waals surface area contributed by atoms with E-state index >= 15 is 0 Å². The van der Waals surface area contributed by atoms with E-state index in [4.69, 9.17) is 24.0 Å². The predicted octanol–water partition coefficient (Wildman–Crippen LogP) is 5.92. The van der Waals surface area contributed by atoms with Crippen LogP contribution in [0.4, 0.5) is 0 Å². The first kappa shape index (κ1) is 26.5. The highest BCUT2D eigenvalue weighted by Crippen LogP contribution is 2.40. The lowest BCUT2D eigenvalue weighted by Crippen LogP contribution is -2.27. The van der Waals surface area contributed by atoms with Crippen LogP contribution < -0.4 is 18.9 Å². The number of carbonyl (C=O) groups excluding carboxylic acids is 2. The molecule has 1 aliphatic rings. The van der Waals surface area contributed by atoms with Gasteiger partial charge in [-0.1, -0.05) is 42.5 Å². The van der Waals surface area contributed by atoms with Gasteiger partial charge in [0.05, 0.1) is 38.6 Å². The summed E-state index contributed by atoms with van der Waals surface area (Å²) in [5.41, 5.74) is 2.90. The van der Waals surface area contributed by atoms with Crippen LogP contribution in [0.15, 0.2) is 102 Å². The van der Waals surface area contributed by atoms with Gasteiger partial charge >= 0.3 is 5.97 Å². The first-order chi connectivity index (χ1) is 19.5. The third-order valence-electron chi connectivity index (χ3n) is 6.64. The number of carbonyl (C=O) groups is 2. The zero-order valence-electron chi connectivity index (χ0n) is 22.4. The minimum Gasteiger partial charge on any atom is -0.497 e. The van der Waals surface area contributed by atoms with Crippen molar-refractivity contribution in [2.75, 3.05) is 21.3 Å². The summed E-state index contributed by atoms with van der Waals surface area (Å²) >= 11 is 0. The Balaban J connectivity index is 1.56. The molecule has 202 valence electrons. The molecule has 0 saturated carbocycles. The summed E-state index contributed by atoms with van der Waals surface area (Å²) < 4.78 is 22.2. The van der Waals surface area contributed by atoms with Gasteiger partial charge in [0.15, 0.2) is 11.5 Å². The van der Waals surface area contributed by atoms with Crippen LogP contribution in [0.3, 0.4) is 0 Å². The van der Waals surface area contributed by atoms with Gasteiger partial charge in [-0.05, 0) is 54.1 Å². The van der Waals surface area contributed by atoms with Gasteiger partial charge in [-0.15, -0.1) is 0 Å². The molecule has 1 amide bonds. The van der Waals surface area contributed by atoms with Gasteiger partial charge in [0, 0.05) is 23.6 Å². The van der Waals surface area contributed by atoms with Gasteiger partial charge in [-0.2, -0.15) is 5.10 Å². The van der Waals surface area contributed by atoms with E-state index in [0.29, 0.717) is 46.1 Å². The van der Waals surface area contributed by atoms with Gasteiger partial charge in [-0.3, -0.25) is 4.79 Å².